The number of benzene rings is 1. The Morgan fingerprint density at radius 3 is 2.22 bits per heavy atom. The predicted octanol–water partition coefficient (Wildman–Crippen LogP) is 3.54. The fourth-order valence-electron chi connectivity index (χ4n) is 1.83. The lowest BCUT2D eigenvalue weighted by atomic mass is 10.1. The second-order valence-corrected chi connectivity index (χ2v) is 4.52. The summed E-state index contributed by atoms with van der Waals surface area (Å²) in [5.41, 5.74) is 2.97. The smallest absolute Gasteiger partial charge is 0.145 e. The van der Waals surface area contributed by atoms with Crippen LogP contribution in [-0.4, -0.2) is 10.1 Å². The van der Waals surface area contributed by atoms with Crippen LogP contribution in [-0.2, 0) is 0 Å². The van der Waals surface area contributed by atoms with Crippen molar-refractivity contribution in [2.24, 2.45) is 0 Å². The largest absolute Gasteiger partial charge is 0.456 e. The van der Waals surface area contributed by atoms with Crippen molar-refractivity contribution < 1.29 is 9.84 Å². The second kappa shape index (κ2) is 5.19. The van der Waals surface area contributed by atoms with Crippen LogP contribution in [0, 0.1) is 13.8 Å². The highest BCUT2D eigenvalue weighted by atomic mass is 16.5. The predicted molar refractivity (Wildman–Crippen MR) is 70.9 cm³/mol. The molecule has 3 nitrogen and oxygen atoms in total. The number of hydrogen-bond donors (Lipinski definition) is 1. The second-order valence-electron chi connectivity index (χ2n) is 4.52. The van der Waals surface area contributed by atoms with Gasteiger partial charge >= 0.3 is 0 Å². The average molecular weight is 243 g/mol. The molecular weight excluding hydrogens is 226 g/mol. The molecule has 94 valence electrons. The van der Waals surface area contributed by atoms with Gasteiger partial charge in [0.2, 0.25) is 0 Å². The Morgan fingerprint density at radius 2 is 1.72 bits per heavy atom. The Bertz CT molecular complexity index is 512. The number of aromatic nitrogens is 1. The zero-order valence-corrected chi connectivity index (χ0v) is 10.8. The summed E-state index contributed by atoms with van der Waals surface area (Å²) in [6.45, 7) is 5.76. The molecule has 3 heteroatoms. The molecule has 0 unspecified atom stereocenters. The summed E-state index contributed by atoms with van der Waals surface area (Å²) in [5.74, 6) is 1.48. The number of hydrogen-bond acceptors (Lipinski definition) is 3. The summed E-state index contributed by atoms with van der Waals surface area (Å²) in [4.78, 5) is 4.14. The number of aliphatic hydroxyl groups is 1. The van der Waals surface area contributed by atoms with Gasteiger partial charge < -0.3 is 9.84 Å². The van der Waals surface area contributed by atoms with Crippen molar-refractivity contribution >= 4 is 0 Å². The van der Waals surface area contributed by atoms with Crippen LogP contribution in [0.2, 0.25) is 0 Å². The van der Waals surface area contributed by atoms with Crippen LogP contribution in [0.15, 0.2) is 36.5 Å². The normalized spacial score (nSPS) is 12.2. The van der Waals surface area contributed by atoms with E-state index in [0.29, 0.717) is 11.4 Å². The third-order valence-corrected chi connectivity index (χ3v) is 2.62. The van der Waals surface area contributed by atoms with Gasteiger partial charge in [-0.15, -0.1) is 0 Å². The molecule has 0 aliphatic heterocycles. The van der Waals surface area contributed by atoms with Crippen molar-refractivity contribution in [1.82, 2.24) is 4.98 Å². The van der Waals surface area contributed by atoms with E-state index < -0.39 is 6.10 Å². The molecule has 18 heavy (non-hydrogen) atoms. The zero-order valence-electron chi connectivity index (χ0n) is 10.8. The van der Waals surface area contributed by atoms with Gasteiger partial charge in [-0.3, -0.25) is 4.98 Å². The number of pyridine rings is 1. The third-order valence-electron chi connectivity index (χ3n) is 2.62. The summed E-state index contributed by atoms with van der Waals surface area (Å²) < 4.78 is 5.73. The lowest BCUT2D eigenvalue weighted by molar-refractivity contribution is 0.194. The first-order chi connectivity index (χ1) is 8.54. The molecule has 0 radical (unpaired) electrons. The monoisotopic (exact) mass is 243 g/mol. The van der Waals surface area contributed by atoms with Crippen LogP contribution in [0.4, 0.5) is 0 Å². The van der Waals surface area contributed by atoms with Crippen LogP contribution >= 0.6 is 0 Å². The molecule has 0 spiro atoms. The van der Waals surface area contributed by atoms with E-state index in [1.54, 1.807) is 19.2 Å². The minimum absolute atomic E-state index is 0.555. The first-order valence-corrected chi connectivity index (χ1v) is 5.95. The molecule has 0 amide bonds. The molecular formula is C15H17NO2. The summed E-state index contributed by atoms with van der Waals surface area (Å²) in [6.07, 6.45) is 1.07. The van der Waals surface area contributed by atoms with Gasteiger partial charge in [-0.05, 0) is 56.2 Å². The number of aryl methyl sites for hydroxylation is 2. The highest BCUT2D eigenvalue weighted by Crippen LogP contribution is 2.23. The van der Waals surface area contributed by atoms with Crippen LogP contribution in [0.5, 0.6) is 11.5 Å². The van der Waals surface area contributed by atoms with E-state index in [9.17, 15) is 5.11 Å². The third kappa shape index (κ3) is 3.08. The molecule has 2 rings (SSSR count). The minimum Gasteiger partial charge on any atom is -0.456 e. The maximum atomic E-state index is 9.37. The first-order valence-electron chi connectivity index (χ1n) is 5.95. The molecule has 1 N–H and O–H groups in total. The van der Waals surface area contributed by atoms with E-state index in [1.165, 1.54) is 11.1 Å². The molecule has 0 saturated heterocycles. The van der Waals surface area contributed by atoms with Gasteiger partial charge in [-0.25, -0.2) is 0 Å². The van der Waals surface area contributed by atoms with E-state index >= 15 is 0 Å². The maximum absolute atomic E-state index is 9.37. The van der Waals surface area contributed by atoms with Gasteiger partial charge in [0.25, 0.3) is 0 Å². The number of nitrogens with zero attached hydrogens (tertiary/aromatic N) is 1. The van der Waals surface area contributed by atoms with E-state index in [1.807, 2.05) is 32.0 Å². The van der Waals surface area contributed by atoms with E-state index in [4.69, 9.17) is 4.74 Å². The van der Waals surface area contributed by atoms with Gasteiger partial charge in [-0.2, -0.15) is 0 Å². The van der Waals surface area contributed by atoms with Gasteiger partial charge in [0.1, 0.15) is 11.5 Å². The van der Waals surface area contributed by atoms with E-state index in [-0.39, 0.29) is 0 Å². The fourth-order valence-corrected chi connectivity index (χ4v) is 1.83. The maximum Gasteiger partial charge on any atom is 0.145 e. The Morgan fingerprint density at radius 1 is 1.06 bits per heavy atom. The molecule has 0 aliphatic carbocycles. The van der Waals surface area contributed by atoms with Crippen LogP contribution < -0.4 is 4.74 Å². The van der Waals surface area contributed by atoms with E-state index in [0.717, 1.165) is 5.75 Å². The number of rotatable bonds is 3. The molecule has 1 heterocycles. The Kier molecular flexibility index (Phi) is 3.63. The Balaban J connectivity index is 2.18. The number of aliphatic hydroxyl groups excluding tert-OH is 1. The highest BCUT2D eigenvalue weighted by Gasteiger charge is 2.03. The van der Waals surface area contributed by atoms with E-state index in [2.05, 4.69) is 11.1 Å². The van der Waals surface area contributed by atoms with Crippen LogP contribution in [0.1, 0.15) is 29.8 Å². The average Bonchev–Trinajstić information content (AvgIpc) is 2.28. The topological polar surface area (TPSA) is 42.4 Å². The summed E-state index contributed by atoms with van der Waals surface area (Å²) in [5, 5.41) is 9.37. The lowest BCUT2D eigenvalue weighted by Gasteiger charge is -2.09. The van der Waals surface area contributed by atoms with Gasteiger partial charge in [-0.1, -0.05) is 6.07 Å². The van der Waals surface area contributed by atoms with Crippen LogP contribution in [0.3, 0.4) is 0 Å². The van der Waals surface area contributed by atoms with Crippen LogP contribution in [0.25, 0.3) is 0 Å². The van der Waals surface area contributed by atoms with Crippen molar-refractivity contribution in [3.05, 3.63) is 53.3 Å². The minimum atomic E-state index is -0.555. The van der Waals surface area contributed by atoms with Crippen molar-refractivity contribution in [1.29, 1.82) is 0 Å². The summed E-state index contributed by atoms with van der Waals surface area (Å²) >= 11 is 0. The lowest BCUT2D eigenvalue weighted by Crippen LogP contribution is -1.95. The zero-order chi connectivity index (χ0) is 13.1. The molecule has 0 fully saturated rings. The van der Waals surface area contributed by atoms with Gasteiger partial charge in [0, 0.05) is 0 Å². The molecule has 0 bridgehead atoms. The van der Waals surface area contributed by atoms with Crippen molar-refractivity contribution in [2.75, 3.05) is 0 Å². The molecule has 1 aromatic carbocycles. The quantitative estimate of drug-likeness (QED) is 0.896. The van der Waals surface area contributed by atoms with Gasteiger partial charge in [0.05, 0.1) is 18.0 Å². The standard InChI is InChI=1S/C15H17NO2/c1-10-6-11(2)8-14(7-10)18-13-4-5-15(12(3)17)16-9-13/h4-9,12,17H,1-3H3/t12-/m1/s1. The SMILES string of the molecule is Cc1cc(C)cc(Oc2ccc([C@@H](C)O)nc2)c1. The summed E-state index contributed by atoms with van der Waals surface area (Å²) in [6, 6.07) is 9.64. The van der Waals surface area contributed by atoms with Crippen molar-refractivity contribution in [2.45, 2.75) is 26.9 Å². The van der Waals surface area contributed by atoms with Crippen molar-refractivity contribution in [3.8, 4) is 11.5 Å². The van der Waals surface area contributed by atoms with Gasteiger partial charge in [0.15, 0.2) is 0 Å². The molecule has 1 aromatic heterocycles. The number of ether oxygens (including phenoxy) is 1. The Hall–Kier alpha value is -1.87. The molecule has 0 aliphatic rings. The fraction of sp³-hybridized carbons (Fsp3) is 0.267. The Labute approximate surface area is 107 Å². The first kappa shape index (κ1) is 12.6. The van der Waals surface area contributed by atoms with Crippen molar-refractivity contribution in [3.63, 3.8) is 0 Å². The molecule has 2 aromatic rings. The highest BCUT2D eigenvalue weighted by molar-refractivity contribution is 5.36. The molecule has 0 saturated carbocycles. The summed E-state index contributed by atoms with van der Waals surface area (Å²) in [7, 11) is 0. The molecule has 1 atom stereocenters.